The highest BCUT2D eigenvalue weighted by Gasteiger charge is 2.20. The Bertz CT molecular complexity index is 957. The summed E-state index contributed by atoms with van der Waals surface area (Å²) in [6.45, 7) is 1.89. The van der Waals surface area contributed by atoms with Crippen molar-refractivity contribution in [2.45, 2.75) is 13.0 Å². The number of fused-ring (bicyclic) bond motifs is 1. The summed E-state index contributed by atoms with van der Waals surface area (Å²) in [5.74, 6) is 1.46. The number of hydrogen-bond acceptors (Lipinski definition) is 6. The van der Waals surface area contributed by atoms with E-state index in [1.54, 1.807) is 25.1 Å². The van der Waals surface area contributed by atoms with Crippen molar-refractivity contribution in [1.29, 1.82) is 0 Å². The number of nitrogens with zero attached hydrogens (tertiary/aromatic N) is 4. The van der Waals surface area contributed by atoms with Gasteiger partial charge in [0.2, 0.25) is 12.6 Å². The third kappa shape index (κ3) is 3.25. The van der Waals surface area contributed by atoms with Gasteiger partial charge in [-0.25, -0.2) is 0 Å². The van der Waals surface area contributed by atoms with E-state index in [9.17, 15) is 4.79 Å². The van der Waals surface area contributed by atoms with Gasteiger partial charge in [-0.15, -0.1) is 10.2 Å². The van der Waals surface area contributed by atoms with Gasteiger partial charge in [0.1, 0.15) is 6.04 Å². The zero-order chi connectivity index (χ0) is 18.1. The number of hydrogen-bond donors (Lipinski definition) is 1. The van der Waals surface area contributed by atoms with Gasteiger partial charge >= 0.3 is 0 Å². The monoisotopic (exact) mass is 415 g/mol. The summed E-state index contributed by atoms with van der Waals surface area (Å²) in [5, 5.41) is 15.1. The quantitative estimate of drug-likeness (QED) is 0.703. The molecule has 0 spiro atoms. The maximum Gasteiger partial charge on any atom is 0.250 e. The number of anilines is 1. The highest BCUT2D eigenvalue weighted by atomic mass is 79.9. The van der Waals surface area contributed by atoms with Crippen LogP contribution in [-0.2, 0) is 4.79 Å². The second-order valence-corrected chi connectivity index (χ2v) is 6.59. The average molecular weight is 416 g/mol. The molecule has 132 valence electrons. The number of carbonyl (C=O) groups is 1. The van der Waals surface area contributed by atoms with E-state index in [-0.39, 0.29) is 12.7 Å². The molecule has 0 aliphatic carbocycles. The summed E-state index contributed by atoms with van der Waals surface area (Å²) in [5.41, 5.74) is 1.43. The summed E-state index contributed by atoms with van der Waals surface area (Å²) >= 11 is 3.38. The molecule has 2 aromatic carbocycles. The van der Waals surface area contributed by atoms with Gasteiger partial charge in [-0.1, -0.05) is 15.9 Å². The second-order valence-electron chi connectivity index (χ2n) is 5.67. The average Bonchev–Trinajstić information content (AvgIpc) is 3.30. The van der Waals surface area contributed by atoms with Crippen LogP contribution in [0.1, 0.15) is 13.0 Å². The van der Waals surface area contributed by atoms with Crippen molar-refractivity contribution in [1.82, 2.24) is 20.2 Å². The molecule has 0 bridgehead atoms. The molecule has 9 heteroatoms. The Hall–Kier alpha value is -2.94. The molecular formula is C17H14BrN5O3. The second kappa shape index (κ2) is 6.75. The smallest absolute Gasteiger partial charge is 0.250 e. The van der Waals surface area contributed by atoms with Crippen LogP contribution in [0.15, 0.2) is 46.9 Å². The van der Waals surface area contributed by atoms with Crippen molar-refractivity contribution >= 4 is 27.5 Å². The number of tetrazole rings is 1. The van der Waals surface area contributed by atoms with Crippen LogP contribution < -0.4 is 14.8 Å². The van der Waals surface area contributed by atoms with Crippen molar-refractivity contribution in [3.8, 4) is 22.9 Å². The predicted molar refractivity (Wildman–Crippen MR) is 96.9 cm³/mol. The minimum atomic E-state index is -0.628. The zero-order valence-electron chi connectivity index (χ0n) is 13.7. The number of benzene rings is 2. The molecule has 1 aliphatic heterocycles. The molecule has 0 saturated heterocycles. The fourth-order valence-electron chi connectivity index (χ4n) is 2.43. The molecule has 1 atom stereocenters. The molecule has 1 aliphatic rings. The minimum Gasteiger partial charge on any atom is -0.454 e. The zero-order valence-corrected chi connectivity index (χ0v) is 15.3. The van der Waals surface area contributed by atoms with Gasteiger partial charge in [-0.2, -0.15) is 4.80 Å². The number of nitrogens with one attached hydrogen (secondary N) is 1. The third-order valence-corrected chi connectivity index (χ3v) is 4.43. The van der Waals surface area contributed by atoms with Crippen LogP contribution in [0, 0.1) is 0 Å². The number of carbonyl (C=O) groups excluding carboxylic acids is 1. The van der Waals surface area contributed by atoms with Gasteiger partial charge in [0.25, 0.3) is 5.91 Å². The Balaban J connectivity index is 1.48. The van der Waals surface area contributed by atoms with Crippen molar-refractivity contribution in [2.24, 2.45) is 0 Å². The summed E-state index contributed by atoms with van der Waals surface area (Å²) in [4.78, 5) is 13.8. The molecule has 1 unspecified atom stereocenters. The number of aromatic nitrogens is 4. The third-order valence-electron chi connectivity index (χ3n) is 3.90. The standard InChI is InChI=1S/C17H14BrN5O3/c1-10(17(24)19-13-6-7-14-15(8-13)26-9-25-14)23-21-16(20-22-23)11-2-4-12(18)5-3-11/h2-8,10H,9H2,1H3,(H,19,24). The van der Waals surface area contributed by atoms with E-state index in [1.165, 1.54) is 4.80 Å². The van der Waals surface area contributed by atoms with Crippen molar-refractivity contribution in [3.63, 3.8) is 0 Å². The molecule has 26 heavy (non-hydrogen) atoms. The molecule has 0 radical (unpaired) electrons. The van der Waals surface area contributed by atoms with E-state index in [2.05, 4.69) is 36.7 Å². The molecule has 0 saturated carbocycles. The highest BCUT2D eigenvalue weighted by molar-refractivity contribution is 9.10. The Morgan fingerprint density at radius 3 is 2.77 bits per heavy atom. The van der Waals surface area contributed by atoms with Crippen LogP contribution in [0.25, 0.3) is 11.4 Å². The Labute approximate surface area is 157 Å². The first-order chi connectivity index (χ1) is 12.6. The van der Waals surface area contributed by atoms with E-state index in [4.69, 9.17) is 9.47 Å². The van der Waals surface area contributed by atoms with Crippen LogP contribution in [0.5, 0.6) is 11.5 Å². The normalized spacial score (nSPS) is 13.5. The van der Waals surface area contributed by atoms with Crippen LogP contribution in [0.3, 0.4) is 0 Å². The van der Waals surface area contributed by atoms with Crippen molar-refractivity contribution < 1.29 is 14.3 Å². The molecule has 3 aromatic rings. The SMILES string of the molecule is CC(C(=O)Nc1ccc2c(c1)OCO2)n1nnc(-c2ccc(Br)cc2)n1. The molecule has 8 nitrogen and oxygen atoms in total. The van der Waals surface area contributed by atoms with Crippen LogP contribution in [0.2, 0.25) is 0 Å². The summed E-state index contributed by atoms with van der Waals surface area (Å²) in [7, 11) is 0. The lowest BCUT2D eigenvalue weighted by Crippen LogP contribution is -2.25. The van der Waals surface area contributed by atoms with Crippen molar-refractivity contribution in [2.75, 3.05) is 12.1 Å². The lowest BCUT2D eigenvalue weighted by atomic mass is 10.2. The van der Waals surface area contributed by atoms with E-state index >= 15 is 0 Å². The molecule has 2 heterocycles. The fourth-order valence-corrected chi connectivity index (χ4v) is 2.69. The summed E-state index contributed by atoms with van der Waals surface area (Å²) < 4.78 is 11.5. The number of rotatable bonds is 4. The van der Waals surface area contributed by atoms with Gasteiger partial charge in [-0.3, -0.25) is 4.79 Å². The van der Waals surface area contributed by atoms with E-state index in [0.717, 1.165) is 10.0 Å². The number of ether oxygens (including phenoxy) is 2. The minimum absolute atomic E-state index is 0.185. The first kappa shape index (κ1) is 16.5. The highest BCUT2D eigenvalue weighted by Crippen LogP contribution is 2.34. The number of halogens is 1. The summed E-state index contributed by atoms with van der Waals surface area (Å²) in [6.07, 6.45) is 0. The van der Waals surface area contributed by atoms with Crippen molar-refractivity contribution in [3.05, 3.63) is 46.9 Å². The van der Waals surface area contributed by atoms with Crippen LogP contribution in [0.4, 0.5) is 5.69 Å². The lowest BCUT2D eigenvalue weighted by Gasteiger charge is -2.11. The molecule has 4 rings (SSSR count). The van der Waals surface area contributed by atoms with Gasteiger partial charge in [0.05, 0.1) is 0 Å². The molecular weight excluding hydrogens is 402 g/mol. The van der Waals surface area contributed by atoms with E-state index < -0.39 is 6.04 Å². The fraction of sp³-hybridized carbons (Fsp3) is 0.176. The van der Waals surface area contributed by atoms with Crippen LogP contribution >= 0.6 is 15.9 Å². The van der Waals surface area contributed by atoms with E-state index in [1.807, 2.05) is 24.3 Å². The first-order valence-corrected chi connectivity index (χ1v) is 8.65. The topological polar surface area (TPSA) is 91.2 Å². The first-order valence-electron chi connectivity index (χ1n) is 7.86. The number of amides is 1. The Morgan fingerprint density at radius 2 is 1.96 bits per heavy atom. The largest absolute Gasteiger partial charge is 0.454 e. The van der Waals surface area contributed by atoms with E-state index in [0.29, 0.717) is 23.0 Å². The Morgan fingerprint density at radius 1 is 1.19 bits per heavy atom. The molecule has 1 aromatic heterocycles. The van der Waals surface area contributed by atoms with Gasteiger partial charge in [0, 0.05) is 21.8 Å². The maximum atomic E-state index is 12.5. The predicted octanol–water partition coefficient (Wildman–Crippen LogP) is 3.03. The molecule has 1 N–H and O–H groups in total. The molecule has 0 fully saturated rings. The van der Waals surface area contributed by atoms with Gasteiger partial charge < -0.3 is 14.8 Å². The molecule has 1 amide bonds. The lowest BCUT2D eigenvalue weighted by molar-refractivity contribution is -0.119. The van der Waals surface area contributed by atoms with Crippen LogP contribution in [-0.4, -0.2) is 32.9 Å². The van der Waals surface area contributed by atoms with Gasteiger partial charge in [0.15, 0.2) is 11.5 Å². The summed E-state index contributed by atoms with van der Waals surface area (Å²) in [6, 6.07) is 12.1. The maximum absolute atomic E-state index is 12.5. The van der Waals surface area contributed by atoms with Gasteiger partial charge in [-0.05, 0) is 48.5 Å². The Kier molecular flexibility index (Phi) is 4.29.